The zero-order chi connectivity index (χ0) is 13.2. The molecule has 0 saturated carbocycles. The van der Waals surface area contributed by atoms with Gasteiger partial charge in [0.25, 0.3) is 0 Å². The molecule has 0 unspecified atom stereocenters. The SMILES string of the molecule is N#CC(C#N)(C#N)C(=O)O.OCC(O)CO. The molecule has 0 saturated heterocycles. The van der Waals surface area contributed by atoms with E-state index in [1.807, 2.05) is 0 Å². The number of aliphatic hydroxyl groups excluding tert-OH is 3. The maximum atomic E-state index is 10.0. The second-order valence-corrected chi connectivity index (χ2v) is 2.41. The van der Waals surface area contributed by atoms with Gasteiger partial charge in [0.1, 0.15) is 24.3 Å². The second kappa shape index (κ2) is 8.16. The van der Waals surface area contributed by atoms with Crippen molar-refractivity contribution >= 4 is 5.97 Å². The fraction of sp³-hybridized carbons (Fsp3) is 0.500. The first-order valence-electron chi connectivity index (χ1n) is 3.81. The maximum Gasteiger partial charge on any atom is 0.353 e. The molecular formula is C8H9N3O5. The van der Waals surface area contributed by atoms with Crippen LogP contribution >= 0.6 is 0 Å². The zero-order valence-electron chi connectivity index (χ0n) is 8.03. The molecule has 0 spiro atoms. The highest BCUT2D eigenvalue weighted by Crippen LogP contribution is 2.11. The van der Waals surface area contributed by atoms with Crippen molar-refractivity contribution in [3.8, 4) is 18.2 Å². The monoisotopic (exact) mass is 227 g/mol. The molecule has 0 radical (unpaired) electrons. The Labute approximate surface area is 90.8 Å². The van der Waals surface area contributed by atoms with Crippen LogP contribution in [0.25, 0.3) is 0 Å². The molecule has 0 aliphatic rings. The number of carbonyl (C=O) groups is 1. The zero-order valence-corrected chi connectivity index (χ0v) is 8.03. The van der Waals surface area contributed by atoms with Gasteiger partial charge < -0.3 is 20.4 Å². The van der Waals surface area contributed by atoms with Crippen LogP contribution in [0.1, 0.15) is 0 Å². The summed E-state index contributed by atoms with van der Waals surface area (Å²) in [5.74, 6) is -1.74. The van der Waals surface area contributed by atoms with Crippen molar-refractivity contribution in [3.05, 3.63) is 0 Å². The number of carboxylic acids is 1. The van der Waals surface area contributed by atoms with E-state index in [4.69, 9.17) is 36.2 Å². The number of aliphatic hydroxyl groups is 3. The number of hydrogen-bond donors (Lipinski definition) is 4. The quantitative estimate of drug-likeness (QED) is 0.427. The Morgan fingerprint density at radius 1 is 1.12 bits per heavy atom. The Morgan fingerprint density at radius 3 is 1.44 bits per heavy atom. The van der Waals surface area contributed by atoms with Crippen LogP contribution in [0.5, 0.6) is 0 Å². The highest BCUT2D eigenvalue weighted by atomic mass is 16.4. The Morgan fingerprint density at radius 2 is 1.44 bits per heavy atom. The predicted molar refractivity (Wildman–Crippen MR) is 47.1 cm³/mol. The average molecular weight is 227 g/mol. The van der Waals surface area contributed by atoms with E-state index in [-0.39, 0.29) is 13.2 Å². The molecule has 16 heavy (non-hydrogen) atoms. The summed E-state index contributed by atoms with van der Waals surface area (Å²) in [6.45, 7) is -0.729. The topological polar surface area (TPSA) is 169 Å². The minimum Gasteiger partial charge on any atom is -0.478 e. The van der Waals surface area contributed by atoms with Crippen LogP contribution in [0.15, 0.2) is 0 Å². The van der Waals surface area contributed by atoms with Gasteiger partial charge in [0.15, 0.2) is 0 Å². The third-order valence-electron chi connectivity index (χ3n) is 1.25. The van der Waals surface area contributed by atoms with Crippen molar-refractivity contribution in [2.75, 3.05) is 13.2 Å². The van der Waals surface area contributed by atoms with E-state index in [0.29, 0.717) is 0 Å². The van der Waals surface area contributed by atoms with Crippen molar-refractivity contribution in [1.82, 2.24) is 0 Å². The molecule has 0 rings (SSSR count). The molecule has 4 N–H and O–H groups in total. The Balaban J connectivity index is 0. The lowest BCUT2D eigenvalue weighted by atomic mass is 9.95. The summed E-state index contributed by atoms with van der Waals surface area (Å²) in [7, 11) is 0. The summed E-state index contributed by atoms with van der Waals surface area (Å²) in [6.07, 6.45) is -0.954. The minimum atomic E-state index is -2.54. The van der Waals surface area contributed by atoms with E-state index in [2.05, 4.69) is 0 Å². The van der Waals surface area contributed by atoms with E-state index >= 15 is 0 Å². The van der Waals surface area contributed by atoms with E-state index in [9.17, 15) is 4.79 Å². The van der Waals surface area contributed by atoms with Crippen molar-refractivity contribution in [1.29, 1.82) is 15.8 Å². The van der Waals surface area contributed by atoms with Crippen molar-refractivity contribution in [2.24, 2.45) is 5.41 Å². The first kappa shape index (κ1) is 16.3. The first-order chi connectivity index (χ1) is 7.43. The lowest BCUT2D eigenvalue weighted by molar-refractivity contribution is -0.140. The van der Waals surface area contributed by atoms with Crippen molar-refractivity contribution < 1.29 is 25.2 Å². The average Bonchev–Trinajstić information content (AvgIpc) is 2.31. The van der Waals surface area contributed by atoms with Crippen LogP contribution in [-0.4, -0.2) is 45.7 Å². The minimum absolute atomic E-state index is 0.365. The smallest absolute Gasteiger partial charge is 0.353 e. The summed E-state index contributed by atoms with van der Waals surface area (Å²) >= 11 is 0. The second-order valence-electron chi connectivity index (χ2n) is 2.41. The molecule has 86 valence electrons. The van der Waals surface area contributed by atoms with Gasteiger partial charge >= 0.3 is 11.4 Å². The fourth-order valence-electron chi connectivity index (χ4n) is 0.276. The number of nitriles is 3. The lowest BCUT2D eigenvalue weighted by Gasteiger charge is -1.98. The highest BCUT2D eigenvalue weighted by molar-refractivity contribution is 5.85. The van der Waals surface area contributed by atoms with Gasteiger partial charge in [0.2, 0.25) is 0 Å². The number of carboxylic acid groups (broad SMARTS) is 1. The lowest BCUT2D eigenvalue weighted by Crippen LogP contribution is -2.25. The van der Waals surface area contributed by atoms with Crippen LogP contribution in [0.3, 0.4) is 0 Å². The number of rotatable bonds is 3. The van der Waals surface area contributed by atoms with E-state index in [0.717, 1.165) is 18.2 Å². The molecule has 0 aromatic rings. The summed E-state index contributed by atoms with van der Waals surface area (Å²) in [5, 5.41) is 56.4. The van der Waals surface area contributed by atoms with Gasteiger partial charge in [0.05, 0.1) is 13.2 Å². The Kier molecular flexibility index (Phi) is 8.29. The molecule has 0 fully saturated rings. The van der Waals surface area contributed by atoms with Gasteiger partial charge in [-0.2, -0.15) is 15.8 Å². The molecular weight excluding hydrogens is 218 g/mol. The van der Waals surface area contributed by atoms with Gasteiger partial charge in [0, 0.05) is 0 Å². The standard InChI is InChI=1S/C5HN3O2.C3H8O3/c6-1-5(2-7,3-8)4(9)10;4-1-3(6)2-5/h(H,9,10);3-6H,1-2H2. The van der Waals surface area contributed by atoms with Gasteiger partial charge in [-0.1, -0.05) is 0 Å². The fourth-order valence-corrected chi connectivity index (χ4v) is 0.276. The molecule has 0 bridgehead atoms. The summed E-state index contributed by atoms with van der Waals surface area (Å²) < 4.78 is 0. The molecule has 0 aliphatic carbocycles. The maximum absolute atomic E-state index is 10.0. The van der Waals surface area contributed by atoms with E-state index in [1.165, 1.54) is 0 Å². The normalized spacial score (nSPS) is 9.06. The largest absolute Gasteiger partial charge is 0.478 e. The molecule has 0 atom stereocenters. The van der Waals surface area contributed by atoms with Gasteiger partial charge in [-0.15, -0.1) is 0 Å². The van der Waals surface area contributed by atoms with E-state index in [1.54, 1.807) is 0 Å². The molecule has 0 aromatic heterocycles. The number of nitrogens with zero attached hydrogens (tertiary/aromatic N) is 3. The van der Waals surface area contributed by atoms with Crippen LogP contribution in [-0.2, 0) is 4.79 Å². The molecule has 8 heteroatoms. The third kappa shape index (κ3) is 4.89. The summed E-state index contributed by atoms with van der Waals surface area (Å²) in [6, 6.07) is 3.28. The van der Waals surface area contributed by atoms with Crippen LogP contribution in [0.2, 0.25) is 0 Å². The van der Waals surface area contributed by atoms with Gasteiger partial charge in [-0.3, -0.25) is 0 Å². The number of aliphatic carboxylic acids is 1. The van der Waals surface area contributed by atoms with Crippen molar-refractivity contribution in [2.45, 2.75) is 6.10 Å². The van der Waals surface area contributed by atoms with Gasteiger partial charge in [-0.05, 0) is 0 Å². The highest BCUT2D eigenvalue weighted by Gasteiger charge is 2.39. The molecule has 0 aromatic carbocycles. The Hall–Kier alpha value is -2.18. The molecule has 0 amide bonds. The molecule has 0 heterocycles. The van der Waals surface area contributed by atoms with Crippen LogP contribution < -0.4 is 0 Å². The first-order valence-corrected chi connectivity index (χ1v) is 3.81. The third-order valence-corrected chi connectivity index (χ3v) is 1.25. The summed E-state index contributed by atoms with van der Waals surface area (Å²) in [4.78, 5) is 10.0. The van der Waals surface area contributed by atoms with E-state index < -0.39 is 17.5 Å². The Bertz CT molecular complexity index is 308. The van der Waals surface area contributed by atoms with Crippen LogP contribution in [0, 0.1) is 39.4 Å². The van der Waals surface area contributed by atoms with Crippen molar-refractivity contribution in [3.63, 3.8) is 0 Å². The predicted octanol–water partition coefficient (Wildman–Crippen LogP) is -2.04. The summed E-state index contributed by atoms with van der Waals surface area (Å²) in [5.41, 5.74) is -2.54. The van der Waals surface area contributed by atoms with Crippen LogP contribution in [0.4, 0.5) is 0 Å². The molecule has 8 nitrogen and oxygen atoms in total. The van der Waals surface area contributed by atoms with Gasteiger partial charge in [-0.25, -0.2) is 4.79 Å². The number of hydrogen-bond acceptors (Lipinski definition) is 7. The molecule has 0 aliphatic heterocycles.